The Morgan fingerprint density at radius 1 is 1.03 bits per heavy atom. The van der Waals surface area contributed by atoms with Crippen molar-refractivity contribution in [2.24, 2.45) is 0 Å². The summed E-state index contributed by atoms with van der Waals surface area (Å²) in [5.74, 6) is -0.451. The van der Waals surface area contributed by atoms with Crippen LogP contribution in [0.1, 0.15) is 17.7 Å². The van der Waals surface area contributed by atoms with Gasteiger partial charge in [0.05, 0.1) is 5.69 Å². The molecule has 2 aromatic heterocycles. The Hall–Kier alpha value is -2.66. The van der Waals surface area contributed by atoms with Crippen LogP contribution in [0.3, 0.4) is 0 Å². The van der Waals surface area contributed by atoms with Crippen molar-refractivity contribution in [3.63, 3.8) is 0 Å². The minimum atomic E-state index is -4.04. The summed E-state index contributed by atoms with van der Waals surface area (Å²) < 4.78 is 55.8. The topological polar surface area (TPSA) is 83.7 Å². The van der Waals surface area contributed by atoms with Gasteiger partial charge in [0.1, 0.15) is 28.7 Å². The van der Waals surface area contributed by atoms with Gasteiger partial charge in [0, 0.05) is 37.8 Å². The number of aryl methyl sites for hydroxylation is 1. The molecule has 3 aromatic rings. The first-order valence-electron chi connectivity index (χ1n) is 9.37. The van der Waals surface area contributed by atoms with E-state index >= 15 is 0 Å². The van der Waals surface area contributed by atoms with Crippen LogP contribution >= 0.6 is 0 Å². The number of piperazine rings is 1. The number of nitrogens with zero attached hydrogens (tertiary/aromatic N) is 6. The molecule has 0 unspecified atom stereocenters. The van der Waals surface area contributed by atoms with Gasteiger partial charge in [-0.3, -0.25) is 0 Å². The summed E-state index contributed by atoms with van der Waals surface area (Å²) in [6.45, 7) is 1.22. The van der Waals surface area contributed by atoms with Crippen LogP contribution in [0, 0.1) is 11.6 Å². The van der Waals surface area contributed by atoms with Gasteiger partial charge in [-0.1, -0.05) is 0 Å². The van der Waals surface area contributed by atoms with Gasteiger partial charge in [-0.25, -0.2) is 22.2 Å². The van der Waals surface area contributed by atoms with Gasteiger partial charge in [-0.2, -0.15) is 18.9 Å². The molecule has 0 saturated carbocycles. The predicted molar refractivity (Wildman–Crippen MR) is 100 cm³/mol. The summed E-state index contributed by atoms with van der Waals surface area (Å²) in [7, 11) is -4.04. The molecule has 0 bridgehead atoms. The molecule has 0 atom stereocenters. The molecule has 29 heavy (non-hydrogen) atoms. The van der Waals surface area contributed by atoms with Crippen LogP contribution in [0.4, 0.5) is 14.6 Å². The molecule has 1 saturated heterocycles. The Labute approximate surface area is 165 Å². The molecule has 0 amide bonds. The molecular weight excluding hydrogens is 402 g/mol. The number of hydrogen-bond donors (Lipinski definition) is 0. The predicted octanol–water partition coefficient (Wildman–Crippen LogP) is 1.40. The van der Waals surface area contributed by atoms with Crippen LogP contribution in [-0.4, -0.2) is 58.5 Å². The van der Waals surface area contributed by atoms with Gasteiger partial charge in [0.15, 0.2) is 0 Å². The van der Waals surface area contributed by atoms with E-state index in [9.17, 15) is 17.2 Å². The quantitative estimate of drug-likeness (QED) is 0.637. The van der Waals surface area contributed by atoms with E-state index in [0.717, 1.165) is 48.5 Å². The Bertz CT molecular complexity index is 1200. The van der Waals surface area contributed by atoms with E-state index in [1.54, 1.807) is 4.52 Å². The first-order chi connectivity index (χ1) is 13.9. The Morgan fingerprint density at radius 2 is 1.83 bits per heavy atom. The van der Waals surface area contributed by atoms with E-state index in [2.05, 4.69) is 20.0 Å². The monoisotopic (exact) mass is 420 g/mol. The van der Waals surface area contributed by atoms with Crippen molar-refractivity contribution >= 4 is 21.6 Å². The second-order valence-electron chi connectivity index (χ2n) is 7.15. The van der Waals surface area contributed by atoms with Crippen molar-refractivity contribution in [3.8, 4) is 0 Å². The summed E-state index contributed by atoms with van der Waals surface area (Å²) in [5.41, 5.74) is 2.15. The Balaban J connectivity index is 1.43. The summed E-state index contributed by atoms with van der Waals surface area (Å²) >= 11 is 0. The highest BCUT2D eigenvalue weighted by molar-refractivity contribution is 7.89. The van der Waals surface area contributed by atoms with Crippen molar-refractivity contribution in [2.75, 3.05) is 31.1 Å². The zero-order valence-electron chi connectivity index (χ0n) is 15.4. The number of fused-ring (bicyclic) bond motifs is 2. The third-order valence-electron chi connectivity index (χ3n) is 5.47. The number of benzene rings is 1. The fourth-order valence-electron chi connectivity index (χ4n) is 4.09. The minimum absolute atomic E-state index is 0.187. The van der Waals surface area contributed by atoms with Gasteiger partial charge in [-0.05, 0) is 31.4 Å². The van der Waals surface area contributed by atoms with Crippen LogP contribution in [0.5, 0.6) is 0 Å². The number of rotatable bonds is 3. The van der Waals surface area contributed by atoms with Crippen LogP contribution in [0.2, 0.25) is 0 Å². The highest BCUT2D eigenvalue weighted by atomic mass is 32.2. The highest BCUT2D eigenvalue weighted by Crippen LogP contribution is 2.31. The molecule has 8 nitrogen and oxygen atoms in total. The molecule has 0 N–H and O–H groups in total. The zero-order chi connectivity index (χ0) is 20.2. The van der Waals surface area contributed by atoms with Crippen molar-refractivity contribution in [1.29, 1.82) is 0 Å². The third-order valence-corrected chi connectivity index (χ3v) is 7.41. The highest BCUT2D eigenvalue weighted by Gasteiger charge is 2.33. The zero-order valence-corrected chi connectivity index (χ0v) is 16.2. The number of sulfonamides is 1. The SMILES string of the molecule is O=S(=O)(c1ccc(F)cc1F)N1CCN(c2c3c(nc4ncnn24)CCC3)CC1. The maximum atomic E-state index is 14.1. The number of anilines is 1. The number of aromatic nitrogens is 4. The molecule has 1 fully saturated rings. The molecule has 1 aliphatic carbocycles. The van der Waals surface area contributed by atoms with Gasteiger partial charge in [0.25, 0.3) is 5.78 Å². The summed E-state index contributed by atoms with van der Waals surface area (Å²) in [6.07, 6.45) is 4.26. The van der Waals surface area contributed by atoms with Gasteiger partial charge in [-0.15, -0.1) is 0 Å². The van der Waals surface area contributed by atoms with E-state index in [1.165, 1.54) is 10.6 Å². The van der Waals surface area contributed by atoms with Crippen molar-refractivity contribution in [3.05, 3.63) is 47.4 Å². The smallest absolute Gasteiger partial charge is 0.254 e. The molecule has 0 radical (unpaired) electrons. The molecule has 2 aliphatic rings. The van der Waals surface area contributed by atoms with Crippen molar-refractivity contribution < 1.29 is 17.2 Å². The lowest BCUT2D eigenvalue weighted by atomic mass is 10.2. The average molecular weight is 420 g/mol. The van der Waals surface area contributed by atoms with Gasteiger partial charge < -0.3 is 4.90 Å². The van der Waals surface area contributed by atoms with E-state index in [1.807, 2.05) is 0 Å². The molecule has 0 spiro atoms. The van der Waals surface area contributed by atoms with E-state index in [4.69, 9.17) is 0 Å². The van der Waals surface area contributed by atoms with Gasteiger partial charge >= 0.3 is 0 Å². The maximum absolute atomic E-state index is 14.1. The fourth-order valence-corrected chi connectivity index (χ4v) is 5.56. The van der Waals surface area contributed by atoms with E-state index in [0.29, 0.717) is 24.9 Å². The lowest BCUT2D eigenvalue weighted by molar-refractivity contribution is 0.380. The van der Waals surface area contributed by atoms with Crippen molar-refractivity contribution in [2.45, 2.75) is 24.2 Å². The molecule has 3 heterocycles. The Kier molecular flexibility index (Phi) is 4.24. The molecular formula is C18H18F2N6O2S. The largest absolute Gasteiger partial charge is 0.354 e. The number of hydrogen-bond acceptors (Lipinski definition) is 6. The fraction of sp³-hybridized carbons (Fsp3) is 0.389. The van der Waals surface area contributed by atoms with E-state index in [-0.39, 0.29) is 13.1 Å². The second kappa shape index (κ2) is 6.70. The van der Waals surface area contributed by atoms with Crippen LogP contribution in [0.25, 0.3) is 5.78 Å². The Morgan fingerprint density at radius 3 is 2.59 bits per heavy atom. The normalized spacial score (nSPS) is 17.8. The van der Waals surface area contributed by atoms with Gasteiger partial charge in [0.2, 0.25) is 10.0 Å². The lowest BCUT2D eigenvalue weighted by Gasteiger charge is -2.36. The molecule has 152 valence electrons. The summed E-state index contributed by atoms with van der Waals surface area (Å²) in [6, 6.07) is 2.51. The van der Waals surface area contributed by atoms with Crippen LogP contribution in [0.15, 0.2) is 29.4 Å². The summed E-state index contributed by atoms with van der Waals surface area (Å²) in [5, 5.41) is 4.29. The molecule has 1 aromatic carbocycles. The van der Waals surface area contributed by atoms with Crippen LogP contribution in [-0.2, 0) is 22.9 Å². The molecule has 1 aliphatic heterocycles. The maximum Gasteiger partial charge on any atom is 0.254 e. The standard InChI is InChI=1S/C18H18F2N6O2S/c19-12-4-5-16(14(20)10-12)29(27,28)25-8-6-24(7-9-25)17-13-2-1-3-15(13)23-18-21-11-22-26(17)18/h4-5,10-11H,1-3,6-9H2. The minimum Gasteiger partial charge on any atom is -0.354 e. The molecule has 11 heteroatoms. The first-order valence-corrected chi connectivity index (χ1v) is 10.8. The van der Waals surface area contributed by atoms with Crippen molar-refractivity contribution in [1.82, 2.24) is 23.9 Å². The second-order valence-corrected chi connectivity index (χ2v) is 9.06. The first kappa shape index (κ1) is 18.4. The molecule has 5 rings (SSSR count). The lowest BCUT2D eigenvalue weighted by Crippen LogP contribution is -2.49. The van der Waals surface area contributed by atoms with E-state index < -0.39 is 26.6 Å². The average Bonchev–Trinajstić information content (AvgIpc) is 3.34. The van der Waals surface area contributed by atoms with Crippen LogP contribution < -0.4 is 4.90 Å². The number of halogens is 2. The summed E-state index contributed by atoms with van der Waals surface area (Å²) in [4.78, 5) is 10.3. The third kappa shape index (κ3) is 2.96.